The minimum Gasteiger partial charge on any atom is -0.508 e. The molecule has 0 bridgehead atoms. The molecule has 2 N–H and O–H groups in total. The molecule has 0 saturated heterocycles. The molecule has 0 fully saturated rings. The van der Waals surface area contributed by atoms with Gasteiger partial charge in [-0.1, -0.05) is 28.1 Å². The zero-order chi connectivity index (χ0) is 22.2. The van der Waals surface area contributed by atoms with Crippen LogP contribution >= 0.6 is 15.9 Å². The summed E-state index contributed by atoms with van der Waals surface area (Å²) < 4.78 is 6.48. The quantitative estimate of drug-likeness (QED) is 0.377. The molecule has 0 aliphatic carbocycles. The van der Waals surface area contributed by atoms with E-state index in [2.05, 4.69) is 26.1 Å². The lowest BCUT2D eigenvalue weighted by Crippen LogP contribution is -2.29. The lowest BCUT2D eigenvalue weighted by molar-refractivity contribution is 0.0988. The number of nitrogens with zero attached hydrogens (tertiary/aromatic N) is 2. The molecule has 1 aromatic heterocycles. The zero-order valence-electron chi connectivity index (χ0n) is 17.2. The topological polar surface area (TPSA) is 78.5 Å². The van der Waals surface area contributed by atoms with Crippen LogP contribution in [0.2, 0.25) is 0 Å². The van der Waals surface area contributed by atoms with Gasteiger partial charge in [-0.05, 0) is 73.2 Å². The second kappa shape index (κ2) is 8.16. The Morgan fingerprint density at radius 3 is 2.53 bits per heavy atom. The van der Waals surface area contributed by atoms with Crippen LogP contribution in [0, 0.1) is 0 Å². The Bertz CT molecular complexity index is 1280. The van der Waals surface area contributed by atoms with Crippen molar-refractivity contribution in [3.8, 4) is 22.8 Å². The number of amides is 1. The number of aromatic nitrogens is 2. The van der Waals surface area contributed by atoms with Crippen LogP contribution in [0.25, 0.3) is 11.3 Å². The number of fused-ring (bicyclic) bond motifs is 1. The van der Waals surface area contributed by atoms with Gasteiger partial charge in [-0.15, -0.1) is 0 Å². The van der Waals surface area contributed by atoms with Crippen LogP contribution in [0.3, 0.4) is 0 Å². The predicted molar refractivity (Wildman–Crippen MR) is 126 cm³/mol. The number of ether oxygens (including phenoxy) is 1. The number of hydrogen-bond donors (Lipinski definition) is 2. The maximum absolute atomic E-state index is 13.5. The number of halogens is 1. The number of nitrogens with one attached hydrogen (secondary N) is 1. The molecule has 160 valence electrons. The normalized spacial score (nSPS) is 15.1. The molecule has 1 amide bonds. The number of H-pyrrole nitrogens is 1. The summed E-state index contributed by atoms with van der Waals surface area (Å²) in [7, 11) is 0. The van der Waals surface area contributed by atoms with E-state index in [4.69, 9.17) is 4.74 Å². The van der Waals surface area contributed by atoms with E-state index in [1.54, 1.807) is 23.1 Å². The van der Waals surface area contributed by atoms with Crippen LogP contribution in [0.1, 0.15) is 34.6 Å². The summed E-state index contributed by atoms with van der Waals surface area (Å²) in [5.41, 5.74) is 4.37. The number of rotatable bonds is 5. The first-order chi connectivity index (χ1) is 15.6. The molecule has 32 heavy (non-hydrogen) atoms. The molecule has 0 radical (unpaired) electrons. The first-order valence-corrected chi connectivity index (χ1v) is 11.1. The number of benzene rings is 3. The molecule has 7 heteroatoms. The van der Waals surface area contributed by atoms with Crippen LogP contribution in [0.4, 0.5) is 5.69 Å². The molecule has 1 aliphatic rings. The summed E-state index contributed by atoms with van der Waals surface area (Å²) in [6.45, 7) is 2.53. The highest BCUT2D eigenvalue weighted by molar-refractivity contribution is 9.10. The highest BCUT2D eigenvalue weighted by Crippen LogP contribution is 2.45. The molecular weight excluding hydrogens is 470 g/mol. The molecule has 1 atom stereocenters. The number of aromatic hydroxyl groups is 1. The number of aromatic amines is 1. The van der Waals surface area contributed by atoms with Gasteiger partial charge in [-0.25, -0.2) is 0 Å². The molecule has 3 aromatic carbocycles. The van der Waals surface area contributed by atoms with Gasteiger partial charge in [0.05, 0.1) is 18.3 Å². The van der Waals surface area contributed by atoms with E-state index in [0.29, 0.717) is 18.0 Å². The van der Waals surface area contributed by atoms with Gasteiger partial charge < -0.3 is 9.84 Å². The Balaban J connectivity index is 1.67. The third kappa shape index (κ3) is 3.44. The Morgan fingerprint density at radius 1 is 1.09 bits per heavy atom. The Labute approximate surface area is 193 Å². The van der Waals surface area contributed by atoms with Gasteiger partial charge in [0.1, 0.15) is 17.2 Å². The lowest BCUT2D eigenvalue weighted by atomic mass is 9.95. The fourth-order valence-corrected chi connectivity index (χ4v) is 4.39. The molecular formula is C25H20BrN3O3. The maximum Gasteiger partial charge on any atom is 0.277 e. The molecule has 5 rings (SSSR count). The van der Waals surface area contributed by atoms with Crippen molar-refractivity contribution < 1.29 is 14.6 Å². The van der Waals surface area contributed by atoms with Crippen molar-refractivity contribution in [1.82, 2.24) is 10.2 Å². The Hall–Kier alpha value is -3.58. The fraction of sp³-hybridized carbons (Fsp3) is 0.120. The van der Waals surface area contributed by atoms with Gasteiger partial charge >= 0.3 is 0 Å². The van der Waals surface area contributed by atoms with Crippen LogP contribution in [-0.4, -0.2) is 27.8 Å². The average Bonchev–Trinajstić information content (AvgIpc) is 3.34. The molecule has 0 unspecified atom stereocenters. The number of carbonyl (C=O) groups excluding carboxylic acids is 1. The van der Waals surface area contributed by atoms with Crippen LogP contribution in [0.5, 0.6) is 11.5 Å². The number of hydrogen-bond acceptors (Lipinski definition) is 4. The van der Waals surface area contributed by atoms with E-state index in [0.717, 1.165) is 32.6 Å². The largest absolute Gasteiger partial charge is 0.508 e. The maximum atomic E-state index is 13.5. The van der Waals surface area contributed by atoms with Gasteiger partial charge in [-0.3, -0.25) is 14.8 Å². The number of phenolic OH excluding ortho intramolecular Hbond substituents is 1. The van der Waals surface area contributed by atoms with Crippen molar-refractivity contribution >= 4 is 27.5 Å². The van der Waals surface area contributed by atoms with E-state index in [1.165, 1.54) is 0 Å². The molecule has 1 aliphatic heterocycles. The van der Waals surface area contributed by atoms with Gasteiger partial charge in [0.15, 0.2) is 0 Å². The third-order valence-corrected chi connectivity index (χ3v) is 6.03. The van der Waals surface area contributed by atoms with E-state index in [1.807, 2.05) is 61.5 Å². The smallest absolute Gasteiger partial charge is 0.277 e. The molecule has 6 nitrogen and oxygen atoms in total. The van der Waals surface area contributed by atoms with E-state index >= 15 is 0 Å². The van der Waals surface area contributed by atoms with Crippen molar-refractivity contribution in [2.45, 2.75) is 13.0 Å². The van der Waals surface area contributed by atoms with Crippen LogP contribution < -0.4 is 9.64 Å². The second-order valence-electron chi connectivity index (χ2n) is 7.47. The highest BCUT2D eigenvalue weighted by Gasteiger charge is 2.43. The summed E-state index contributed by atoms with van der Waals surface area (Å²) in [5, 5.41) is 17.6. The standard InChI is InChI=1S/C25H20BrN3O3/c1-2-32-20-12-6-15(7-13-20)22-21-23(28-27-22)25(31)29(18-10-8-17(26)9-11-18)24(21)16-4-3-5-19(30)14-16/h3-14,24,30H,2H2,1H3,(H,27,28)/t24-/m1/s1. The molecule has 2 heterocycles. The van der Waals surface area contributed by atoms with Crippen LogP contribution in [0.15, 0.2) is 77.3 Å². The van der Waals surface area contributed by atoms with Gasteiger partial charge in [0, 0.05) is 21.3 Å². The first kappa shape index (κ1) is 20.3. The highest BCUT2D eigenvalue weighted by atomic mass is 79.9. The third-order valence-electron chi connectivity index (χ3n) is 5.50. The van der Waals surface area contributed by atoms with Crippen molar-refractivity contribution in [3.05, 3.63) is 94.1 Å². The van der Waals surface area contributed by atoms with Gasteiger partial charge in [0.2, 0.25) is 0 Å². The Morgan fingerprint density at radius 2 is 1.84 bits per heavy atom. The second-order valence-corrected chi connectivity index (χ2v) is 8.38. The van der Waals surface area contributed by atoms with Crippen molar-refractivity contribution in [1.29, 1.82) is 0 Å². The molecule has 0 saturated carbocycles. The van der Waals surface area contributed by atoms with Crippen molar-refractivity contribution in [2.75, 3.05) is 11.5 Å². The Kier molecular flexibility index (Phi) is 5.19. The van der Waals surface area contributed by atoms with Gasteiger partial charge in [-0.2, -0.15) is 5.10 Å². The van der Waals surface area contributed by atoms with Crippen molar-refractivity contribution in [3.63, 3.8) is 0 Å². The average molecular weight is 490 g/mol. The lowest BCUT2D eigenvalue weighted by Gasteiger charge is -2.26. The van der Waals surface area contributed by atoms with E-state index in [9.17, 15) is 9.90 Å². The summed E-state index contributed by atoms with van der Waals surface area (Å²) >= 11 is 3.46. The van der Waals surface area contributed by atoms with Crippen molar-refractivity contribution in [2.24, 2.45) is 0 Å². The SMILES string of the molecule is CCOc1ccc(-c2n[nH]c3c2[C@@H](c2cccc(O)c2)N(c2ccc(Br)cc2)C3=O)cc1. The summed E-state index contributed by atoms with van der Waals surface area (Å²) in [5.74, 6) is 0.756. The minimum absolute atomic E-state index is 0.144. The van der Waals surface area contributed by atoms with Gasteiger partial charge in [0.25, 0.3) is 5.91 Å². The number of anilines is 1. The van der Waals surface area contributed by atoms with E-state index < -0.39 is 6.04 Å². The number of phenols is 1. The zero-order valence-corrected chi connectivity index (χ0v) is 18.8. The van der Waals surface area contributed by atoms with Crippen LogP contribution in [-0.2, 0) is 0 Å². The first-order valence-electron chi connectivity index (χ1n) is 10.3. The fourth-order valence-electron chi connectivity index (χ4n) is 4.12. The molecule has 0 spiro atoms. The summed E-state index contributed by atoms with van der Waals surface area (Å²) in [6.07, 6.45) is 0. The molecule has 4 aromatic rings. The summed E-state index contributed by atoms with van der Waals surface area (Å²) in [4.78, 5) is 15.2. The predicted octanol–water partition coefficient (Wildman–Crippen LogP) is 5.69. The van der Waals surface area contributed by atoms with E-state index in [-0.39, 0.29) is 11.7 Å². The monoisotopic (exact) mass is 489 g/mol. The number of carbonyl (C=O) groups is 1. The minimum atomic E-state index is -0.439. The summed E-state index contributed by atoms with van der Waals surface area (Å²) in [6, 6.07) is 21.8.